The Morgan fingerprint density at radius 1 is 0.667 bits per heavy atom. The fourth-order valence-corrected chi connectivity index (χ4v) is 7.07. The lowest BCUT2D eigenvalue weighted by Gasteiger charge is -2.46. The smallest absolute Gasteiger partial charge is 0.303 e. The number of hydrogen-bond acceptors (Lipinski definition) is 21. The molecule has 1 heterocycles. The van der Waals surface area contributed by atoms with Crippen LogP contribution in [0.3, 0.4) is 0 Å². The fourth-order valence-electron chi connectivity index (χ4n) is 7.07. The number of nitrogens with one attached hydrogen (secondary N) is 2. The van der Waals surface area contributed by atoms with Crippen molar-refractivity contribution in [2.75, 3.05) is 19.8 Å². The van der Waals surface area contributed by atoms with Crippen molar-refractivity contribution in [2.45, 2.75) is 182 Å². The van der Waals surface area contributed by atoms with Gasteiger partial charge in [0, 0.05) is 87.8 Å². The number of esters is 8. The molecular weight excluding hydrogens is 955 g/mol. The summed E-state index contributed by atoms with van der Waals surface area (Å²) in [5.41, 5.74) is -0.194. The summed E-state index contributed by atoms with van der Waals surface area (Å²) in [5, 5.41) is 19.0. The monoisotopic (exact) mass is 1020 g/mol. The number of hydroxylamine groups is 1. The molecule has 0 spiro atoms. The van der Waals surface area contributed by atoms with Gasteiger partial charge in [-0.05, 0) is 24.1 Å². The van der Waals surface area contributed by atoms with Crippen molar-refractivity contribution >= 4 is 65.8 Å². The van der Waals surface area contributed by atoms with E-state index in [-0.39, 0.29) is 12.5 Å². The molecule has 402 valence electrons. The first kappa shape index (κ1) is 61.4. The molecule has 0 radical (unpaired) electrons. The maximum atomic E-state index is 14.4. The van der Waals surface area contributed by atoms with Crippen LogP contribution in [0.1, 0.15) is 126 Å². The average Bonchev–Trinajstić information content (AvgIpc) is 3.27. The summed E-state index contributed by atoms with van der Waals surface area (Å²) >= 11 is 0. The molecule has 1 fully saturated rings. The summed E-state index contributed by atoms with van der Waals surface area (Å²) in [6, 6.07) is 6.79. The Morgan fingerprint density at radius 2 is 1.22 bits per heavy atom. The second-order valence-electron chi connectivity index (χ2n) is 17.4. The van der Waals surface area contributed by atoms with Crippen molar-refractivity contribution in [1.29, 1.82) is 0 Å². The Bertz CT molecular complexity index is 2070. The SMILES string of the molecule is CCCCCCCC(=O)NCc1ccc(/C=[N+](\[O-])C(C)(C)CNC(=O)[C@H](OC(C)=O)[C@@H](OC(C)=O)[C@H](O[C@@H]2O[C@H](COC(C)=O)[C@H](OC(C)=O)[C@H](OC(C)=O)[C@H]2OC(C)=O)[C@@H](COC(C)=O)OC(C)=O)cc1. The van der Waals surface area contributed by atoms with Gasteiger partial charge in [0.2, 0.25) is 12.0 Å². The summed E-state index contributed by atoms with van der Waals surface area (Å²) in [6.07, 6.45) is -10.9. The summed E-state index contributed by atoms with van der Waals surface area (Å²) in [6.45, 7) is 10.9. The highest BCUT2D eigenvalue weighted by molar-refractivity contribution is 5.85. The molecule has 2 amide bonds. The minimum Gasteiger partial charge on any atom is -0.623 e. The first-order valence-corrected chi connectivity index (χ1v) is 23.3. The molecule has 1 aliphatic rings. The van der Waals surface area contributed by atoms with Gasteiger partial charge in [0.1, 0.15) is 25.4 Å². The van der Waals surface area contributed by atoms with Gasteiger partial charge in [0.15, 0.2) is 48.6 Å². The number of carbonyl (C=O) groups is 10. The maximum absolute atomic E-state index is 14.4. The van der Waals surface area contributed by atoms with Crippen molar-refractivity contribution in [1.82, 2.24) is 10.6 Å². The standard InChI is InChI=1S/C48H69N3O21/c1-12-13-14-15-16-17-39(60)49-22-35-18-20-36(21-19-35)23-51(62)48(10,11)26-50-46(61)44(69-33(8)58)42(67-31(6)56)41(37(65-29(4)54)24-63-27(2)52)72-47-45(70-34(9)59)43(68-32(7)57)40(66-30(5)55)38(71-47)25-64-28(3)53/h18-21,23,37-38,40-45,47H,12-17,22,24-26H2,1-11H3,(H,49,60)(H,50,61)/b51-23-/t37-,38-,40+,41-,42+,43+,44-,45-,47+/m1/s1. The van der Waals surface area contributed by atoms with E-state index in [0.29, 0.717) is 16.7 Å². The molecule has 0 bridgehead atoms. The highest BCUT2D eigenvalue weighted by Crippen LogP contribution is 2.33. The maximum Gasteiger partial charge on any atom is 0.303 e. The second-order valence-corrected chi connectivity index (χ2v) is 17.4. The van der Waals surface area contributed by atoms with Crippen molar-refractivity contribution in [2.24, 2.45) is 0 Å². The summed E-state index contributed by atoms with van der Waals surface area (Å²) in [7, 11) is 0. The van der Waals surface area contributed by atoms with Gasteiger partial charge in [-0.15, -0.1) is 0 Å². The van der Waals surface area contributed by atoms with Crippen molar-refractivity contribution in [3.05, 3.63) is 40.6 Å². The quantitative estimate of drug-likeness (QED) is 0.0231. The molecule has 24 heteroatoms. The topological polar surface area (TPSA) is 313 Å². The third kappa shape index (κ3) is 22.2. The number of unbranched alkanes of at least 4 members (excludes halogenated alkanes) is 4. The summed E-state index contributed by atoms with van der Waals surface area (Å²) in [5.74, 6) is -9.41. The van der Waals surface area contributed by atoms with Gasteiger partial charge in [-0.2, -0.15) is 0 Å². The van der Waals surface area contributed by atoms with Gasteiger partial charge < -0.3 is 63.2 Å². The van der Waals surface area contributed by atoms with E-state index >= 15 is 0 Å². The third-order valence-corrected chi connectivity index (χ3v) is 10.4. The van der Waals surface area contributed by atoms with Crippen LogP contribution in [0.5, 0.6) is 0 Å². The van der Waals surface area contributed by atoms with Crippen LogP contribution in [0, 0.1) is 5.21 Å². The molecule has 24 nitrogen and oxygen atoms in total. The molecule has 1 saturated heterocycles. The van der Waals surface area contributed by atoms with Gasteiger partial charge in [-0.1, -0.05) is 44.7 Å². The lowest BCUT2D eigenvalue weighted by atomic mass is 9.97. The Hall–Kier alpha value is -6.69. The predicted octanol–water partition coefficient (Wildman–Crippen LogP) is 2.31. The molecule has 2 N–H and O–H groups in total. The van der Waals surface area contributed by atoms with Crippen LogP contribution in [-0.4, -0.2) is 151 Å². The molecule has 0 aromatic heterocycles. The molecule has 1 aromatic carbocycles. The fraction of sp³-hybridized carbons (Fsp3) is 0.646. The number of benzene rings is 1. The Kier molecular flexibility index (Phi) is 25.8. The summed E-state index contributed by atoms with van der Waals surface area (Å²) < 4.78 is 56.2. The second kappa shape index (κ2) is 30.3. The zero-order valence-electron chi connectivity index (χ0n) is 42.7. The van der Waals surface area contributed by atoms with Gasteiger partial charge in [0.25, 0.3) is 5.91 Å². The number of nitrogens with zero attached hydrogens (tertiary/aromatic N) is 1. The zero-order valence-corrected chi connectivity index (χ0v) is 42.7. The number of hydrogen-bond donors (Lipinski definition) is 2. The van der Waals surface area contributed by atoms with Crippen LogP contribution in [0.15, 0.2) is 24.3 Å². The number of ether oxygens (including phenoxy) is 10. The van der Waals surface area contributed by atoms with Crippen molar-refractivity contribution in [3.8, 4) is 0 Å². The van der Waals surface area contributed by atoms with Crippen LogP contribution < -0.4 is 10.6 Å². The van der Waals surface area contributed by atoms with E-state index in [0.717, 1.165) is 93.1 Å². The highest BCUT2D eigenvalue weighted by Gasteiger charge is 2.56. The van der Waals surface area contributed by atoms with Crippen LogP contribution in [0.4, 0.5) is 0 Å². The van der Waals surface area contributed by atoms with E-state index in [1.54, 1.807) is 24.3 Å². The molecule has 0 aliphatic carbocycles. The highest BCUT2D eigenvalue weighted by atomic mass is 16.8. The average molecular weight is 1020 g/mol. The molecular formula is C48H69N3O21. The number of rotatable bonds is 28. The molecule has 1 aromatic rings. The van der Waals surface area contributed by atoms with Crippen molar-refractivity contribution in [3.63, 3.8) is 0 Å². The van der Waals surface area contributed by atoms with E-state index in [4.69, 9.17) is 47.4 Å². The number of carbonyl (C=O) groups excluding carboxylic acids is 10. The minimum atomic E-state index is -2.26. The largest absolute Gasteiger partial charge is 0.623 e. The zero-order chi connectivity index (χ0) is 54.3. The predicted molar refractivity (Wildman–Crippen MR) is 248 cm³/mol. The third-order valence-electron chi connectivity index (χ3n) is 10.4. The molecule has 2 rings (SSSR count). The van der Waals surface area contributed by atoms with Crippen molar-refractivity contribution < 1.29 is 100 Å². The Morgan fingerprint density at radius 3 is 1.76 bits per heavy atom. The lowest BCUT2D eigenvalue weighted by Crippen LogP contribution is -2.65. The molecule has 0 saturated carbocycles. The van der Waals surface area contributed by atoms with E-state index < -0.39 is 134 Å². The lowest BCUT2D eigenvalue weighted by molar-refractivity contribution is -0.533. The van der Waals surface area contributed by atoms with Gasteiger partial charge in [-0.3, -0.25) is 47.9 Å². The molecule has 9 atom stereocenters. The Labute approximate surface area is 417 Å². The molecule has 1 aliphatic heterocycles. The van der Waals surface area contributed by atoms with Crippen LogP contribution in [0.25, 0.3) is 0 Å². The van der Waals surface area contributed by atoms with Crippen LogP contribution >= 0.6 is 0 Å². The van der Waals surface area contributed by atoms with Crippen LogP contribution in [0.2, 0.25) is 0 Å². The minimum absolute atomic E-state index is 0.0663. The summed E-state index contributed by atoms with van der Waals surface area (Å²) in [4.78, 5) is 127. The van der Waals surface area contributed by atoms with E-state index in [2.05, 4.69) is 17.6 Å². The molecule has 0 unspecified atom stereocenters. The molecule has 72 heavy (non-hydrogen) atoms. The van der Waals surface area contributed by atoms with Gasteiger partial charge in [0.05, 0.1) is 6.54 Å². The number of amides is 2. The van der Waals surface area contributed by atoms with Gasteiger partial charge in [-0.25, -0.2) is 4.74 Å². The first-order chi connectivity index (χ1) is 33.7. The van der Waals surface area contributed by atoms with Gasteiger partial charge >= 0.3 is 47.8 Å². The van der Waals surface area contributed by atoms with E-state index in [9.17, 15) is 53.2 Å². The first-order valence-electron chi connectivity index (χ1n) is 23.3. The Balaban J connectivity index is 2.66. The van der Waals surface area contributed by atoms with Crippen LogP contribution in [-0.2, 0) is 102 Å². The van der Waals surface area contributed by atoms with E-state index in [1.807, 2.05) is 0 Å². The van der Waals surface area contributed by atoms with E-state index in [1.165, 1.54) is 20.1 Å². The normalized spacial score (nSPS) is 19.4.